The molecule has 0 atom stereocenters. The Morgan fingerprint density at radius 2 is 1.38 bits per heavy atom. The third-order valence-electron chi connectivity index (χ3n) is 4.71. The normalized spacial score (nSPS) is 13.6. The molecule has 0 radical (unpaired) electrons. The van der Waals surface area contributed by atoms with Gasteiger partial charge in [-0.3, -0.25) is 9.69 Å². The molecule has 0 bridgehead atoms. The maximum atomic E-state index is 12.2. The summed E-state index contributed by atoms with van der Waals surface area (Å²) in [7, 11) is 0. The van der Waals surface area contributed by atoms with Gasteiger partial charge in [0.15, 0.2) is 0 Å². The molecule has 1 aliphatic rings. The Hall–Kier alpha value is -2.66. The smallest absolute Gasteiger partial charge is 0.409 e. The largest absolute Gasteiger partial charge is 0.448 e. The van der Waals surface area contributed by atoms with E-state index in [4.69, 9.17) is 4.74 Å². The number of amides is 1. The molecule has 0 spiro atoms. The number of rotatable bonds is 7. The van der Waals surface area contributed by atoms with Crippen molar-refractivity contribution >= 4 is 11.9 Å². The quantitative estimate of drug-likeness (QED) is 0.691. The van der Waals surface area contributed by atoms with Crippen LogP contribution in [-0.4, -0.2) is 47.9 Å². The average Bonchev–Trinajstić information content (AvgIpc) is 2.77. The van der Waals surface area contributed by atoms with Crippen molar-refractivity contribution in [3.63, 3.8) is 0 Å². The van der Waals surface area contributed by atoms with E-state index < -0.39 is 0 Å². The Labute approximate surface area is 174 Å². The first kappa shape index (κ1) is 22.6. The van der Waals surface area contributed by atoms with E-state index in [9.17, 15) is 9.59 Å². The number of Topliss-reactive ketones (excluding diaryl/α,β-unsaturated/α-hetero) is 1. The SMILES string of the molecule is CC.O=C1CCN(C(=O)OCCN(Cc2ccccc2)Cc2ccccc2)CC1. The van der Waals surface area contributed by atoms with Crippen LogP contribution in [0, 0.1) is 0 Å². The third-order valence-corrected chi connectivity index (χ3v) is 4.71. The monoisotopic (exact) mass is 396 g/mol. The van der Waals surface area contributed by atoms with Crippen molar-refractivity contribution in [3.05, 3.63) is 71.8 Å². The van der Waals surface area contributed by atoms with Crippen molar-refractivity contribution in [1.29, 1.82) is 0 Å². The lowest BCUT2D eigenvalue weighted by Crippen LogP contribution is -2.40. The van der Waals surface area contributed by atoms with Crippen LogP contribution in [0.25, 0.3) is 0 Å². The summed E-state index contributed by atoms with van der Waals surface area (Å²) in [5.41, 5.74) is 2.46. The van der Waals surface area contributed by atoms with Crippen molar-refractivity contribution in [2.75, 3.05) is 26.2 Å². The highest BCUT2D eigenvalue weighted by molar-refractivity contribution is 5.81. The van der Waals surface area contributed by atoms with E-state index in [1.54, 1.807) is 4.90 Å². The first-order chi connectivity index (χ1) is 14.2. The molecule has 2 aromatic carbocycles. The van der Waals surface area contributed by atoms with Gasteiger partial charge in [-0.25, -0.2) is 4.79 Å². The highest BCUT2D eigenvalue weighted by atomic mass is 16.6. The standard InChI is InChI=1S/C22H26N2O3.C2H6/c25-21-11-13-24(14-12-21)22(26)27-16-15-23(17-19-7-3-1-4-8-19)18-20-9-5-2-6-10-20;1-2/h1-10H,11-18H2;1-2H3. The van der Waals surface area contributed by atoms with Gasteiger partial charge in [-0.05, 0) is 11.1 Å². The molecule has 0 N–H and O–H groups in total. The second kappa shape index (κ2) is 12.7. The van der Waals surface area contributed by atoms with Crippen LogP contribution in [0.1, 0.15) is 37.8 Å². The highest BCUT2D eigenvalue weighted by Gasteiger charge is 2.21. The molecule has 1 fully saturated rings. The maximum Gasteiger partial charge on any atom is 0.409 e. The molecule has 1 amide bonds. The highest BCUT2D eigenvalue weighted by Crippen LogP contribution is 2.11. The van der Waals surface area contributed by atoms with E-state index in [1.165, 1.54) is 11.1 Å². The molecule has 5 nitrogen and oxygen atoms in total. The molecule has 1 heterocycles. The van der Waals surface area contributed by atoms with Gasteiger partial charge >= 0.3 is 6.09 Å². The Bertz CT molecular complexity index is 683. The molecule has 0 unspecified atom stereocenters. The zero-order valence-electron chi connectivity index (χ0n) is 17.5. The minimum atomic E-state index is -0.318. The van der Waals surface area contributed by atoms with Crippen LogP contribution in [0.4, 0.5) is 4.79 Å². The molecule has 1 saturated heterocycles. The van der Waals surface area contributed by atoms with Gasteiger partial charge in [-0.1, -0.05) is 74.5 Å². The summed E-state index contributed by atoms with van der Waals surface area (Å²) in [6.45, 7) is 7.52. The molecule has 1 aliphatic heterocycles. The molecule has 2 aromatic rings. The van der Waals surface area contributed by atoms with Crippen molar-refractivity contribution in [1.82, 2.24) is 9.80 Å². The summed E-state index contributed by atoms with van der Waals surface area (Å²) in [6.07, 6.45) is 0.550. The number of nitrogens with zero attached hydrogens (tertiary/aromatic N) is 2. The fourth-order valence-corrected chi connectivity index (χ4v) is 3.19. The maximum absolute atomic E-state index is 12.2. The predicted molar refractivity (Wildman–Crippen MR) is 116 cm³/mol. The number of ketones is 1. The average molecular weight is 397 g/mol. The number of likely N-dealkylation sites (tertiary alicyclic amines) is 1. The Morgan fingerprint density at radius 1 is 0.897 bits per heavy atom. The number of hydrogen-bond donors (Lipinski definition) is 0. The summed E-state index contributed by atoms with van der Waals surface area (Å²) in [6, 6.07) is 20.6. The van der Waals surface area contributed by atoms with Gasteiger partial charge in [0.05, 0.1) is 0 Å². The number of carbonyl (C=O) groups excluding carboxylic acids is 2. The van der Waals surface area contributed by atoms with Crippen LogP contribution in [0.15, 0.2) is 60.7 Å². The van der Waals surface area contributed by atoms with Crippen LogP contribution in [0.3, 0.4) is 0 Å². The van der Waals surface area contributed by atoms with Crippen LogP contribution in [-0.2, 0) is 22.6 Å². The lowest BCUT2D eigenvalue weighted by Gasteiger charge is -2.26. The minimum Gasteiger partial charge on any atom is -0.448 e. The summed E-state index contributed by atoms with van der Waals surface area (Å²) in [5, 5.41) is 0. The molecule has 0 saturated carbocycles. The second-order valence-corrected chi connectivity index (χ2v) is 6.82. The zero-order valence-corrected chi connectivity index (χ0v) is 17.5. The molecule has 3 rings (SSSR count). The fourth-order valence-electron chi connectivity index (χ4n) is 3.19. The van der Waals surface area contributed by atoms with E-state index >= 15 is 0 Å². The topological polar surface area (TPSA) is 49.9 Å². The number of ether oxygens (including phenoxy) is 1. The minimum absolute atomic E-state index is 0.218. The zero-order chi connectivity index (χ0) is 20.9. The number of piperidine rings is 1. The molecule has 156 valence electrons. The van der Waals surface area contributed by atoms with Gasteiger partial charge in [0.25, 0.3) is 0 Å². The van der Waals surface area contributed by atoms with E-state index in [2.05, 4.69) is 29.2 Å². The van der Waals surface area contributed by atoms with Crippen molar-refractivity contribution in [2.45, 2.75) is 39.8 Å². The van der Waals surface area contributed by atoms with Gasteiger partial charge in [-0.15, -0.1) is 0 Å². The van der Waals surface area contributed by atoms with Gasteiger partial charge < -0.3 is 9.64 Å². The third kappa shape index (κ3) is 8.08. The fraction of sp³-hybridized carbons (Fsp3) is 0.417. The Balaban J connectivity index is 0.00000145. The van der Waals surface area contributed by atoms with E-state index in [0.717, 1.165) is 13.1 Å². The molecule has 5 heteroatoms. The Morgan fingerprint density at radius 3 is 1.86 bits per heavy atom. The first-order valence-corrected chi connectivity index (χ1v) is 10.4. The lowest BCUT2D eigenvalue weighted by atomic mass is 10.1. The Kier molecular flexibility index (Phi) is 9.93. The van der Waals surface area contributed by atoms with Crippen LogP contribution >= 0.6 is 0 Å². The van der Waals surface area contributed by atoms with Crippen molar-refractivity contribution < 1.29 is 14.3 Å². The summed E-state index contributed by atoms with van der Waals surface area (Å²) >= 11 is 0. The van der Waals surface area contributed by atoms with E-state index in [-0.39, 0.29) is 11.9 Å². The van der Waals surface area contributed by atoms with Gasteiger partial charge in [0, 0.05) is 45.6 Å². The van der Waals surface area contributed by atoms with Crippen molar-refractivity contribution in [3.8, 4) is 0 Å². The van der Waals surface area contributed by atoms with Crippen LogP contribution in [0.5, 0.6) is 0 Å². The molecule has 0 aliphatic carbocycles. The summed E-state index contributed by atoms with van der Waals surface area (Å²) in [4.78, 5) is 27.4. The molecule has 0 aromatic heterocycles. The lowest BCUT2D eigenvalue weighted by molar-refractivity contribution is -0.121. The number of carbonyl (C=O) groups is 2. The van der Waals surface area contributed by atoms with Gasteiger partial charge in [0.2, 0.25) is 0 Å². The van der Waals surface area contributed by atoms with Crippen LogP contribution < -0.4 is 0 Å². The van der Waals surface area contributed by atoms with Crippen LogP contribution in [0.2, 0.25) is 0 Å². The molecular formula is C24H32N2O3. The van der Waals surface area contributed by atoms with E-state index in [1.807, 2.05) is 50.2 Å². The van der Waals surface area contributed by atoms with Gasteiger partial charge in [0.1, 0.15) is 12.4 Å². The summed E-state index contributed by atoms with van der Waals surface area (Å²) < 4.78 is 5.46. The predicted octanol–water partition coefficient (Wildman–Crippen LogP) is 4.52. The first-order valence-electron chi connectivity index (χ1n) is 10.4. The van der Waals surface area contributed by atoms with E-state index in [0.29, 0.717) is 39.1 Å². The number of benzene rings is 2. The van der Waals surface area contributed by atoms with Gasteiger partial charge in [-0.2, -0.15) is 0 Å². The van der Waals surface area contributed by atoms with Crippen molar-refractivity contribution in [2.24, 2.45) is 0 Å². The molecular weight excluding hydrogens is 364 g/mol. The number of hydrogen-bond acceptors (Lipinski definition) is 4. The summed E-state index contributed by atoms with van der Waals surface area (Å²) in [5.74, 6) is 0.218. The second-order valence-electron chi connectivity index (χ2n) is 6.82. The molecule has 29 heavy (non-hydrogen) atoms.